The van der Waals surface area contributed by atoms with Crippen molar-refractivity contribution in [2.45, 2.75) is 0 Å². The molecule has 25 valence electrons. The van der Waals surface area contributed by atoms with Crippen LogP contribution in [0.4, 0.5) is 0 Å². The molecule has 0 saturated heterocycles. The maximum atomic E-state index is 8.06. The first-order valence-electron chi connectivity index (χ1n) is 0.123. The first kappa shape index (κ1) is 19.3. The molecule has 0 aliphatic heterocycles. The van der Waals surface area contributed by atoms with E-state index in [0.717, 1.165) is 0 Å². The summed E-state index contributed by atoms with van der Waals surface area (Å²) in [4.78, 5) is 0. The molecule has 0 aliphatic rings. The van der Waals surface area contributed by atoms with Crippen LogP contribution in [-0.2, 0) is 49.2 Å². The second-order valence-corrected chi connectivity index (χ2v) is 0. The van der Waals surface area contributed by atoms with Gasteiger partial charge < -0.3 is 5.48 Å². The van der Waals surface area contributed by atoms with Gasteiger partial charge in [-0.15, -0.1) is 0 Å². The van der Waals surface area contributed by atoms with Gasteiger partial charge in [-0.1, -0.05) is 0 Å². The number of rotatable bonds is 0. The minimum atomic E-state index is 0. The zero-order valence-electron chi connectivity index (χ0n) is 1.83. The van der Waals surface area contributed by atoms with Crippen LogP contribution in [0.3, 0.4) is 0 Å². The van der Waals surface area contributed by atoms with E-state index in [2.05, 4.69) is 0 Å². The van der Waals surface area contributed by atoms with Crippen LogP contribution in [0.1, 0.15) is 0 Å². The van der Waals surface area contributed by atoms with Gasteiger partial charge in [0.05, 0.1) is 0 Å². The van der Waals surface area contributed by atoms with Crippen molar-refractivity contribution >= 4 is 0 Å². The van der Waals surface area contributed by atoms with Gasteiger partial charge >= 0.3 is 43.8 Å². The largest absolute Gasteiger partial charge is 2.00 e. The van der Waals surface area contributed by atoms with Crippen molar-refractivity contribution in [1.29, 1.82) is 0 Å². The molecular weight excluding hydrogens is 205 g/mol. The van der Waals surface area contributed by atoms with Gasteiger partial charge in [-0.05, 0) is 0 Å². The van der Waals surface area contributed by atoms with E-state index in [4.69, 9.17) is 3.25 Å². The van der Waals surface area contributed by atoms with Gasteiger partial charge in [-0.25, -0.2) is 0 Å². The van der Waals surface area contributed by atoms with E-state index >= 15 is 0 Å². The molecule has 0 spiro atoms. The molecule has 4 heteroatoms. The van der Waals surface area contributed by atoms with Crippen LogP contribution in [0.25, 0.3) is 0 Å². The Morgan fingerprint density at radius 3 is 1.25 bits per heavy atom. The van der Waals surface area contributed by atoms with E-state index in [1.807, 2.05) is 0 Å². The summed E-state index contributed by atoms with van der Waals surface area (Å²) < 4.78 is 8.06. The van der Waals surface area contributed by atoms with Crippen LogP contribution in [-0.4, -0.2) is 0 Å². The quantitative estimate of drug-likeness (QED) is 0.503. The molecule has 0 aromatic rings. The van der Waals surface area contributed by atoms with Gasteiger partial charge in [-0.3, -0.25) is 0 Å². The molecule has 0 aliphatic carbocycles. The second kappa shape index (κ2) is 31.9. The molecule has 0 aromatic carbocycles. The second-order valence-electron chi connectivity index (χ2n) is 0. The van der Waals surface area contributed by atoms with Crippen LogP contribution in [0.5, 0.6) is 0 Å². The monoisotopic (exact) mass is 203 g/mol. The standard InChI is InChI=1S/Ag.2O.Zn/q;;-2;+2. The van der Waals surface area contributed by atoms with Crippen LogP contribution in [0.15, 0.2) is 0 Å². The Bertz CT molecular complexity index is 6.00. The maximum Gasteiger partial charge on any atom is 2.00 e. The third-order valence-electron chi connectivity index (χ3n) is 0. The molecule has 4 heavy (non-hydrogen) atoms. The Morgan fingerprint density at radius 1 is 1.25 bits per heavy atom. The summed E-state index contributed by atoms with van der Waals surface area (Å²) >= 11 is 1.70. The molecule has 0 rings (SSSR count). The van der Waals surface area contributed by atoms with Crippen molar-refractivity contribution in [3.8, 4) is 0 Å². The fourth-order valence-corrected chi connectivity index (χ4v) is 0. The van der Waals surface area contributed by atoms with Gasteiger partial charge in [0, 0.05) is 0 Å². The van der Waals surface area contributed by atoms with Crippen LogP contribution < -0.4 is 0 Å². The molecule has 0 bridgehead atoms. The third kappa shape index (κ3) is 11.2. The Balaban J connectivity index is -0.00000000500. The molecule has 0 unspecified atom stereocenters. The predicted octanol–water partition coefficient (Wildman–Crippen LogP) is -0.243. The van der Waals surface area contributed by atoms with Crippen molar-refractivity contribution < 1.29 is 49.2 Å². The molecule has 0 heterocycles. The normalized spacial score (nSPS) is 1.50. The van der Waals surface area contributed by atoms with E-state index in [1.165, 1.54) is 0 Å². The van der Waals surface area contributed by atoms with E-state index in [0.29, 0.717) is 0 Å². The summed E-state index contributed by atoms with van der Waals surface area (Å²) in [7, 11) is 0. The molecule has 2 nitrogen and oxygen atoms in total. The van der Waals surface area contributed by atoms with Crippen LogP contribution in [0, 0.1) is 0 Å². The van der Waals surface area contributed by atoms with Crippen LogP contribution in [0.2, 0.25) is 0 Å². The summed E-state index contributed by atoms with van der Waals surface area (Å²) in [5.41, 5.74) is 0. The Hall–Kier alpha value is 1.12. The van der Waals surface area contributed by atoms with E-state index in [9.17, 15) is 0 Å². The molecule has 0 atom stereocenters. The molecule has 0 aromatic heterocycles. The van der Waals surface area contributed by atoms with Gasteiger partial charge in [0.1, 0.15) is 0 Å². The Morgan fingerprint density at radius 2 is 1.25 bits per heavy atom. The van der Waals surface area contributed by atoms with Crippen molar-refractivity contribution in [1.82, 2.24) is 0 Å². The summed E-state index contributed by atoms with van der Waals surface area (Å²) in [6.07, 6.45) is 0. The minimum absolute atomic E-state index is 0. The predicted molar refractivity (Wildman–Crippen MR) is 1.37 cm³/mol. The van der Waals surface area contributed by atoms with Gasteiger partial charge in [0.15, 0.2) is 0 Å². The number of hydrogen-bond donors (Lipinski definition) is 0. The minimum Gasteiger partial charge on any atom is 2.00 e. The molecule has 0 fully saturated rings. The summed E-state index contributed by atoms with van der Waals surface area (Å²) in [5, 5.41) is 0. The van der Waals surface area contributed by atoms with E-state index < -0.39 is 0 Å². The van der Waals surface area contributed by atoms with E-state index in [1.54, 1.807) is 21.0 Å². The zero-order chi connectivity index (χ0) is 2.00. The summed E-state index contributed by atoms with van der Waals surface area (Å²) in [5.74, 6) is 0. The molecule has 0 radical (unpaired) electrons. The summed E-state index contributed by atoms with van der Waals surface area (Å²) in [6, 6.07) is 0. The van der Waals surface area contributed by atoms with Gasteiger partial charge in [-0.2, -0.15) is 0 Å². The number of hydrogen-bond acceptors (Lipinski definition) is 1. The van der Waals surface area contributed by atoms with Crippen molar-refractivity contribution in [2.24, 2.45) is 0 Å². The zero-order valence-corrected chi connectivity index (χ0v) is 6.27. The third-order valence-corrected chi connectivity index (χ3v) is 0. The fourth-order valence-electron chi connectivity index (χ4n) is 0. The first-order chi connectivity index (χ1) is 1.00. The van der Waals surface area contributed by atoms with E-state index in [-0.39, 0.29) is 25.0 Å². The van der Waals surface area contributed by atoms with Gasteiger partial charge in [0.2, 0.25) is 0 Å². The topological polar surface area (TPSA) is 45.6 Å². The average Bonchev–Trinajstić information content (AvgIpc) is 1.00. The van der Waals surface area contributed by atoms with Crippen molar-refractivity contribution in [3.05, 3.63) is 0 Å². The fraction of sp³-hybridized carbons (Fsp3) is 0. The van der Waals surface area contributed by atoms with Crippen molar-refractivity contribution in [2.75, 3.05) is 0 Å². The Kier molecular flexibility index (Phi) is 154. The van der Waals surface area contributed by atoms with Crippen LogP contribution >= 0.6 is 0 Å². The average molecular weight is 205 g/mol. The van der Waals surface area contributed by atoms with Gasteiger partial charge in [0.25, 0.3) is 0 Å². The molecule has 0 saturated carbocycles. The molecule has 0 N–H and O–H groups in total. The first-order valence-corrected chi connectivity index (χ1v) is 0.728. The summed E-state index contributed by atoms with van der Waals surface area (Å²) in [6.45, 7) is 0. The molecule has 0 amide bonds. The maximum absolute atomic E-state index is 8.06. The smallest absolute Gasteiger partial charge is 2.00 e. The van der Waals surface area contributed by atoms with Crippen molar-refractivity contribution in [3.63, 3.8) is 0 Å². The molecular formula is AgO2Zn. The Labute approximate surface area is 49.3 Å². The SMILES string of the molecule is [O-2].[O]=[Ag].[Zn+2].